The summed E-state index contributed by atoms with van der Waals surface area (Å²) in [5.41, 5.74) is 0. The fourth-order valence-corrected chi connectivity index (χ4v) is 3.22. The maximum atomic E-state index is 11.9. The van der Waals surface area contributed by atoms with E-state index in [-0.39, 0.29) is 5.91 Å². The average Bonchev–Trinajstić information content (AvgIpc) is 2.47. The first-order valence-electron chi connectivity index (χ1n) is 7.96. The van der Waals surface area contributed by atoms with E-state index in [1.807, 2.05) is 0 Å². The van der Waals surface area contributed by atoms with E-state index in [4.69, 9.17) is 0 Å². The molecule has 0 aromatic rings. The van der Waals surface area contributed by atoms with E-state index >= 15 is 0 Å². The Morgan fingerprint density at radius 1 is 1.21 bits per heavy atom. The Labute approximate surface area is 117 Å². The van der Waals surface area contributed by atoms with Gasteiger partial charge in [-0.15, -0.1) is 0 Å². The maximum Gasteiger partial charge on any atom is 0.221 e. The lowest BCUT2D eigenvalue weighted by Gasteiger charge is -2.31. The van der Waals surface area contributed by atoms with E-state index in [1.54, 1.807) is 0 Å². The second-order valence-corrected chi connectivity index (χ2v) is 6.13. The normalized spacial score (nSPS) is 25.5. The quantitative estimate of drug-likeness (QED) is 0.793. The molecule has 1 saturated heterocycles. The fourth-order valence-electron chi connectivity index (χ4n) is 3.22. The van der Waals surface area contributed by atoms with Crippen LogP contribution in [0.15, 0.2) is 0 Å². The highest BCUT2D eigenvalue weighted by Crippen LogP contribution is 2.17. The van der Waals surface area contributed by atoms with Crippen LogP contribution in [-0.4, -0.2) is 49.6 Å². The molecule has 110 valence electrons. The molecule has 1 heterocycles. The topological polar surface area (TPSA) is 44.4 Å². The van der Waals surface area contributed by atoms with Crippen molar-refractivity contribution in [1.82, 2.24) is 15.5 Å². The molecule has 4 nitrogen and oxygen atoms in total. The van der Waals surface area contributed by atoms with E-state index in [0.29, 0.717) is 18.5 Å². The van der Waals surface area contributed by atoms with Crippen LogP contribution < -0.4 is 10.6 Å². The second kappa shape index (κ2) is 7.85. The Kier molecular flexibility index (Phi) is 6.11. The molecule has 2 fully saturated rings. The Bertz CT molecular complexity index is 271. The van der Waals surface area contributed by atoms with Crippen LogP contribution in [0.4, 0.5) is 0 Å². The first-order chi connectivity index (χ1) is 9.25. The summed E-state index contributed by atoms with van der Waals surface area (Å²) in [7, 11) is 2.14. The van der Waals surface area contributed by atoms with E-state index in [2.05, 4.69) is 22.6 Å². The first-order valence-corrected chi connectivity index (χ1v) is 7.96. The van der Waals surface area contributed by atoms with Crippen LogP contribution in [0.2, 0.25) is 0 Å². The predicted molar refractivity (Wildman–Crippen MR) is 78.2 cm³/mol. The van der Waals surface area contributed by atoms with Gasteiger partial charge in [0.25, 0.3) is 0 Å². The van der Waals surface area contributed by atoms with Crippen molar-refractivity contribution in [1.29, 1.82) is 0 Å². The Hall–Kier alpha value is -0.610. The summed E-state index contributed by atoms with van der Waals surface area (Å²) in [6.45, 7) is 3.10. The van der Waals surface area contributed by atoms with Crippen molar-refractivity contribution in [3.8, 4) is 0 Å². The number of amides is 1. The van der Waals surface area contributed by atoms with Gasteiger partial charge in [-0.1, -0.05) is 19.3 Å². The number of nitrogens with zero attached hydrogens (tertiary/aromatic N) is 1. The van der Waals surface area contributed by atoms with Crippen molar-refractivity contribution >= 4 is 5.91 Å². The van der Waals surface area contributed by atoms with Gasteiger partial charge in [0.1, 0.15) is 0 Å². The molecule has 1 amide bonds. The van der Waals surface area contributed by atoms with Crippen LogP contribution in [0.25, 0.3) is 0 Å². The molecule has 4 heteroatoms. The van der Waals surface area contributed by atoms with Gasteiger partial charge in [0.2, 0.25) is 5.91 Å². The molecule has 0 aromatic heterocycles. The molecule has 2 aliphatic rings. The van der Waals surface area contributed by atoms with Crippen LogP contribution in [-0.2, 0) is 4.79 Å². The molecule has 1 aliphatic carbocycles. The molecule has 1 aliphatic heterocycles. The standard InChI is InChI=1S/C15H29N3O/c1-18(14-8-5-10-16-12-14)11-9-15(19)17-13-6-3-2-4-7-13/h13-14,16H,2-12H2,1H3,(H,17,19). The van der Waals surface area contributed by atoms with Crippen LogP contribution in [0.5, 0.6) is 0 Å². The third kappa shape index (κ3) is 5.11. The number of carbonyl (C=O) groups is 1. The number of likely N-dealkylation sites (N-methyl/N-ethyl adjacent to an activating group) is 1. The highest BCUT2D eigenvalue weighted by Gasteiger charge is 2.19. The molecule has 2 rings (SSSR count). The van der Waals surface area contributed by atoms with Gasteiger partial charge in [-0.2, -0.15) is 0 Å². The number of carbonyl (C=O) groups excluding carboxylic acids is 1. The van der Waals surface area contributed by atoms with Crippen molar-refractivity contribution < 1.29 is 4.79 Å². The number of piperidine rings is 1. The van der Waals surface area contributed by atoms with Gasteiger partial charge in [0.15, 0.2) is 0 Å². The van der Waals surface area contributed by atoms with Crippen molar-refractivity contribution in [3.63, 3.8) is 0 Å². The molecule has 1 unspecified atom stereocenters. The molecule has 1 saturated carbocycles. The second-order valence-electron chi connectivity index (χ2n) is 6.13. The summed E-state index contributed by atoms with van der Waals surface area (Å²) in [6.07, 6.45) is 9.39. The van der Waals surface area contributed by atoms with Gasteiger partial charge in [0.05, 0.1) is 0 Å². The summed E-state index contributed by atoms with van der Waals surface area (Å²) < 4.78 is 0. The van der Waals surface area contributed by atoms with Crippen LogP contribution in [0.1, 0.15) is 51.4 Å². The van der Waals surface area contributed by atoms with Gasteiger partial charge in [-0.25, -0.2) is 0 Å². The van der Waals surface area contributed by atoms with Gasteiger partial charge in [-0.3, -0.25) is 4.79 Å². The van der Waals surface area contributed by atoms with E-state index < -0.39 is 0 Å². The minimum Gasteiger partial charge on any atom is -0.353 e. The highest BCUT2D eigenvalue weighted by atomic mass is 16.1. The largest absolute Gasteiger partial charge is 0.353 e. The first kappa shape index (κ1) is 14.8. The zero-order chi connectivity index (χ0) is 13.5. The number of hydrogen-bond donors (Lipinski definition) is 2. The lowest BCUT2D eigenvalue weighted by molar-refractivity contribution is -0.122. The SMILES string of the molecule is CN(CCC(=O)NC1CCCCC1)C1CCCNC1. The Morgan fingerprint density at radius 3 is 2.68 bits per heavy atom. The Morgan fingerprint density at radius 2 is 2.00 bits per heavy atom. The summed E-state index contributed by atoms with van der Waals surface area (Å²) in [5.74, 6) is 0.238. The lowest BCUT2D eigenvalue weighted by atomic mass is 9.95. The molecule has 1 atom stereocenters. The molecule has 0 bridgehead atoms. The van der Waals surface area contributed by atoms with E-state index in [9.17, 15) is 4.79 Å². The molecule has 0 radical (unpaired) electrons. The predicted octanol–water partition coefficient (Wildman–Crippen LogP) is 1.51. The lowest BCUT2D eigenvalue weighted by Crippen LogP contribution is -2.45. The van der Waals surface area contributed by atoms with Gasteiger partial charge < -0.3 is 15.5 Å². The summed E-state index contributed by atoms with van der Waals surface area (Å²) in [6, 6.07) is 1.05. The highest BCUT2D eigenvalue weighted by molar-refractivity contribution is 5.76. The number of hydrogen-bond acceptors (Lipinski definition) is 3. The molecule has 0 aromatic carbocycles. The molecule has 0 spiro atoms. The van der Waals surface area contributed by atoms with Crippen LogP contribution in [0, 0.1) is 0 Å². The zero-order valence-electron chi connectivity index (χ0n) is 12.3. The maximum absolute atomic E-state index is 11.9. The monoisotopic (exact) mass is 267 g/mol. The van der Waals surface area contributed by atoms with Crippen LogP contribution >= 0.6 is 0 Å². The number of nitrogens with one attached hydrogen (secondary N) is 2. The van der Waals surface area contributed by atoms with Crippen LogP contribution in [0.3, 0.4) is 0 Å². The average molecular weight is 267 g/mol. The molecule has 2 N–H and O–H groups in total. The minimum absolute atomic E-state index is 0.238. The molecular formula is C15H29N3O. The van der Waals surface area contributed by atoms with E-state index in [0.717, 1.165) is 19.6 Å². The minimum atomic E-state index is 0.238. The third-order valence-corrected chi connectivity index (χ3v) is 4.56. The summed E-state index contributed by atoms with van der Waals surface area (Å²) in [4.78, 5) is 14.3. The summed E-state index contributed by atoms with van der Waals surface area (Å²) >= 11 is 0. The number of rotatable bonds is 5. The third-order valence-electron chi connectivity index (χ3n) is 4.56. The zero-order valence-corrected chi connectivity index (χ0v) is 12.3. The van der Waals surface area contributed by atoms with Crippen molar-refractivity contribution in [2.24, 2.45) is 0 Å². The van der Waals surface area contributed by atoms with E-state index in [1.165, 1.54) is 44.9 Å². The fraction of sp³-hybridized carbons (Fsp3) is 0.933. The van der Waals surface area contributed by atoms with Crippen molar-refractivity contribution in [2.75, 3.05) is 26.7 Å². The van der Waals surface area contributed by atoms with Crippen molar-refractivity contribution in [2.45, 2.75) is 63.5 Å². The van der Waals surface area contributed by atoms with Gasteiger partial charge >= 0.3 is 0 Å². The van der Waals surface area contributed by atoms with Gasteiger partial charge in [-0.05, 0) is 39.3 Å². The van der Waals surface area contributed by atoms with Crippen molar-refractivity contribution in [3.05, 3.63) is 0 Å². The smallest absolute Gasteiger partial charge is 0.221 e. The van der Waals surface area contributed by atoms with Gasteiger partial charge in [0, 0.05) is 31.6 Å². The molecular weight excluding hydrogens is 238 g/mol. The molecule has 19 heavy (non-hydrogen) atoms. The summed E-state index contributed by atoms with van der Waals surface area (Å²) in [5, 5.41) is 6.62. The Balaban J connectivity index is 1.61.